The molecule has 0 N–H and O–H groups in total. The summed E-state index contributed by atoms with van der Waals surface area (Å²) < 4.78 is 51.3. The zero-order chi connectivity index (χ0) is 14.1. The number of benzene rings is 1. The maximum Gasteiger partial charge on any atom is 0.392 e. The van der Waals surface area contributed by atoms with E-state index in [1.165, 1.54) is 6.07 Å². The molecule has 0 saturated heterocycles. The quantitative estimate of drug-likeness (QED) is 0.592. The highest BCUT2D eigenvalue weighted by atomic mass is 35.5. The number of hydrogen-bond donors (Lipinski definition) is 0. The minimum absolute atomic E-state index is 0.0247. The SMILES string of the molecule is CC(C(C(=O)Cl)c1ccc(Cl)cc1F)C(F)(F)F. The Hall–Kier alpha value is -0.810. The second kappa shape index (κ2) is 5.45. The first-order valence-electron chi connectivity index (χ1n) is 4.85. The Morgan fingerprint density at radius 3 is 2.28 bits per heavy atom. The van der Waals surface area contributed by atoms with Crippen molar-refractivity contribution in [3.8, 4) is 0 Å². The van der Waals surface area contributed by atoms with Gasteiger partial charge in [-0.1, -0.05) is 24.6 Å². The van der Waals surface area contributed by atoms with Crippen LogP contribution in [0.15, 0.2) is 18.2 Å². The monoisotopic (exact) mass is 302 g/mol. The summed E-state index contributed by atoms with van der Waals surface area (Å²) in [7, 11) is 0. The van der Waals surface area contributed by atoms with Gasteiger partial charge in [-0.15, -0.1) is 0 Å². The number of halogens is 6. The van der Waals surface area contributed by atoms with Crippen molar-refractivity contribution in [2.75, 3.05) is 0 Å². The lowest BCUT2D eigenvalue weighted by Crippen LogP contribution is -2.30. The highest BCUT2D eigenvalue weighted by Crippen LogP contribution is 2.39. The van der Waals surface area contributed by atoms with Crippen molar-refractivity contribution >= 4 is 28.4 Å². The number of rotatable bonds is 3. The minimum atomic E-state index is -4.65. The third-order valence-electron chi connectivity index (χ3n) is 2.56. The first-order valence-corrected chi connectivity index (χ1v) is 5.61. The Bertz CT molecular complexity index is 459. The van der Waals surface area contributed by atoms with Crippen molar-refractivity contribution in [2.24, 2.45) is 5.92 Å². The first kappa shape index (κ1) is 15.2. The van der Waals surface area contributed by atoms with E-state index in [2.05, 4.69) is 0 Å². The van der Waals surface area contributed by atoms with Gasteiger partial charge in [0.05, 0.1) is 11.8 Å². The molecule has 0 aliphatic rings. The van der Waals surface area contributed by atoms with Gasteiger partial charge in [-0.05, 0) is 23.7 Å². The fraction of sp³-hybridized carbons (Fsp3) is 0.364. The third-order valence-corrected chi connectivity index (χ3v) is 3.03. The molecule has 0 heterocycles. The summed E-state index contributed by atoms with van der Waals surface area (Å²) >= 11 is 10.6. The lowest BCUT2D eigenvalue weighted by Gasteiger charge is -2.23. The topological polar surface area (TPSA) is 17.1 Å². The normalized spacial score (nSPS) is 15.3. The number of hydrogen-bond acceptors (Lipinski definition) is 1. The second-order valence-corrected chi connectivity index (χ2v) is 4.59. The zero-order valence-electron chi connectivity index (χ0n) is 9.06. The van der Waals surface area contributed by atoms with Gasteiger partial charge < -0.3 is 0 Å². The molecule has 1 aromatic rings. The summed E-state index contributed by atoms with van der Waals surface area (Å²) in [6.07, 6.45) is -4.65. The highest BCUT2D eigenvalue weighted by molar-refractivity contribution is 6.64. The van der Waals surface area contributed by atoms with E-state index < -0.39 is 34.6 Å². The number of alkyl halides is 3. The van der Waals surface area contributed by atoms with Crippen LogP contribution < -0.4 is 0 Å². The van der Waals surface area contributed by atoms with Crippen molar-refractivity contribution in [1.82, 2.24) is 0 Å². The van der Waals surface area contributed by atoms with E-state index in [-0.39, 0.29) is 5.02 Å². The van der Waals surface area contributed by atoms with Crippen LogP contribution in [0.25, 0.3) is 0 Å². The summed E-state index contributed by atoms with van der Waals surface area (Å²) in [5.41, 5.74) is -0.413. The average Bonchev–Trinajstić information content (AvgIpc) is 2.19. The van der Waals surface area contributed by atoms with Gasteiger partial charge in [-0.2, -0.15) is 13.2 Å². The molecule has 100 valence electrons. The second-order valence-electron chi connectivity index (χ2n) is 3.78. The molecule has 2 atom stereocenters. The maximum atomic E-state index is 13.5. The fourth-order valence-corrected chi connectivity index (χ4v) is 2.00. The van der Waals surface area contributed by atoms with E-state index in [4.69, 9.17) is 23.2 Å². The van der Waals surface area contributed by atoms with Gasteiger partial charge in [-0.3, -0.25) is 4.79 Å². The van der Waals surface area contributed by atoms with Crippen molar-refractivity contribution in [2.45, 2.75) is 19.0 Å². The molecule has 0 bridgehead atoms. The van der Waals surface area contributed by atoms with Crippen LogP contribution in [0.2, 0.25) is 5.02 Å². The molecule has 0 radical (unpaired) electrons. The predicted molar refractivity (Wildman–Crippen MR) is 60.2 cm³/mol. The van der Waals surface area contributed by atoms with Gasteiger partial charge in [-0.25, -0.2) is 4.39 Å². The van der Waals surface area contributed by atoms with Crippen LogP contribution in [0.3, 0.4) is 0 Å². The molecular weight excluding hydrogens is 295 g/mol. The Morgan fingerprint density at radius 1 is 1.33 bits per heavy atom. The largest absolute Gasteiger partial charge is 0.392 e. The minimum Gasteiger partial charge on any atom is -0.281 e. The average molecular weight is 303 g/mol. The van der Waals surface area contributed by atoms with E-state index in [1.54, 1.807) is 0 Å². The molecule has 0 saturated carbocycles. The summed E-state index contributed by atoms with van der Waals surface area (Å²) in [4.78, 5) is 11.1. The van der Waals surface area contributed by atoms with Crippen molar-refractivity contribution in [3.05, 3.63) is 34.6 Å². The van der Waals surface area contributed by atoms with Gasteiger partial charge >= 0.3 is 6.18 Å². The van der Waals surface area contributed by atoms with Crippen molar-refractivity contribution in [3.63, 3.8) is 0 Å². The van der Waals surface area contributed by atoms with Gasteiger partial charge in [0.2, 0.25) is 5.24 Å². The molecule has 0 aromatic heterocycles. The molecule has 0 fully saturated rings. The van der Waals surface area contributed by atoms with Gasteiger partial charge in [0, 0.05) is 10.6 Å². The summed E-state index contributed by atoms with van der Waals surface area (Å²) in [6, 6.07) is 3.08. The van der Waals surface area contributed by atoms with Gasteiger partial charge in [0.1, 0.15) is 5.82 Å². The molecule has 0 aliphatic heterocycles. The molecule has 1 rings (SSSR count). The molecule has 7 heteroatoms. The van der Waals surface area contributed by atoms with Crippen LogP contribution >= 0.6 is 23.2 Å². The van der Waals surface area contributed by atoms with E-state index in [9.17, 15) is 22.4 Å². The van der Waals surface area contributed by atoms with Gasteiger partial charge in [0.25, 0.3) is 0 Å². The van der Waals surface area contributed by atoms with Crippen LogP contribution in [0.1, 0.15) is 18.4 Å². The fourth-order valence-electron chi connectivity index (χ4n) is 1.53. The lowest BCUT2D eigenvalue weighted by atomic mass is 9.87. The molecule has 0 aliphatic carbocycles. The van der Waals surface area contributed by atoms with E-state index in [1.807, 2.05) is 0 Å². The van der Waals surface area contributed by atoms with Gasteiger partial charge in [0.15, 0.2) is 0 Å². The smallest absolute Gasteiger partial charge is 0.281 e. The number of carbonyl (C=O) groups is 1. The molecular formula is C11H8Cl2F4O. The van der Waals surface area contributed by atoms with E-state index >= 15 is 0 Å². The van der Waals surface area contributed by atoms with Crippen LogP contribution in [0.5, 0.6) is 0 Å². The predicted octanol–water partition coefficient (Wildman–Crippen LogP) is 4.53. The summed E-state index contributed by atoms with van der Waals surface area (Å²) in [6.45, 7) is 0.777. The van der Waals surface area contributed by atoms with Crippen LogP contribution in [-0.2, 0) is 4.79 Å². The van der Waals surface area contributed by atoms with E-state index in [0.717, 1.165) is 19.1 Å². The molecule has 2 unspecified atom stereocenters. The van der Waals surface area contributed by atoms with Crippen molar-refractivity contribution in [1.29, 1.82) is 0 Å². The molecule has 0 amide bonds. The molecule has 1 nitrogen and oxygen atoms in total. The molecule has 0 spiro atoms. The van der Waals surface area contributed by atoms with Crippen LogP contribution in [-0.4, -0.2) is 11.4 Å². The first-order chi connectivity index (χ1) is 8.14. The Balaban J connectivity index is 3.25. The highest BCUT2D eigenvalue weighted by Gasteiger charge is 2.45. The summed E-state index contributed by atoms with van der Waals surface area (Å²) in [5.74, 6) is -4.86. The zero-order valence-corrected chi connectivity index (χ0v) is 10.6. The summed E-state index contributed by atoms with van der Waals surface area (Å²) in [5, 5.41) is -1.24. The molecule has 1 aromatic carbocycles. The van der Waals surface area contributed by atoms with E-state index in [0.29, 0.717) is 0 Å². The van der Waals surface area contributed by atoms with Crippen molar-refractivity contribution < 1.29 is 22.4 Å². The lowest BCUT2D eigenvalue weighted by molar-refractivity contribution is -0.177. The Kier molecular flexibility index (Phi) is 4.61. The maximum absolute atomic E-state index is 13.5. The van der Waals surface area contributed by atoms with Crippen LogP contribution in [0.4, 0.5) is 17.6 Å². The Morgan fingerprint density at radius 2 is 1.89 bits per heavy atom. The molecule has 18 heavy (non-hydrogen) atoms. The number of carbonyl (C=O) groups excluding carboxylic acids is 1. The van der Waals surface area contributed by atoms with Crippen LogP contribution in [0, 0.1) is 11.7 Å². The standard InChI is InChI=1S/C11H8Cl2F4O/c1-5(11(15,16)17)9(10(13)18)7-3-2-6(12)4-8(7)14/h2-5,9H,1H3. The third kappa shape index (κ3) is 3.36. The Labute approximate surface area is 111 Å².